The largest absolute Gasteiger partial charge is 0.356 e. The van der Waals surface area contributed by atoms with Gasteiger partial charge in [0, 0.05) is 25.7 Å². The third kappa shape index (κ3) is 5.06. The molecule has 1 fully saturated rings. The monoisotopic (exact) mass is 430 g/mol. The van der Waals surface area contributed by atoms with E-state index >= 15 is 0 Å². The molecule has 0 aromatic heterocycles. The Balaban J connectivity index is 0.00000264. The lowest BCUT2D eigenvalue weighted by Crippen LogP contribution is -2.46. The smallest absolute Gasteiger partial charge is 0.191 e. The molecule has 1 saturated carbocycles. The first-order valence-corrected chi connectivity index (χ1v) is 7.75. The molecule has 0 aliphatic heterocycles. The van der Waals surface area contributed by atoms with E-state index in [-0.39, 0.29) is 29.8 Å². The second kappa shape index (κ2) is 9.06. The summed E-state index contributed by atoms with van der Waals surface area (Å²) in [5.41, 5.74) is 1.32. The highest BCUT2D eigenvalue weighted by molar-refractivity contribution is 14.0. The third-order valence-electron chi connectivity index (χ3n) is 4.64. The maximum atomic E-state index is 13.7. The summed E-state index contributed by atoms with van der Waals surface area (Å²) >= 11 is 0. The molecule has 23 heavy (non-hydrogen) atoms. The number of benzene rings is 1. The fourth-order valence-corrected chi connectivity index (χ4v) is 2.78. The summed E-state index contributed by atoms with van der Waals surface area (Å²) in [4.78, 5) is 4.18. The van der Waals surface area contributed by atoms with Gasteiger partial charge in [0.05, 0.1) is 11.6 Å². The van der Waals surface area contributed by atoms with E-state index in [9.17, 15) is 4.39 Å². The van der Waals surface area contributed by atoms with Crippen molar-refractivity contribution in [3.05, 3.63) is 35.1 Å². The lowest BCUT2D eigenvalue weighted by molar-refractivity contribution is 0.131. The van der Waals surface area contributed by atoms with Gasteiger partial charge in [-0.2, -0.15) is 5.26 Å². The molecule has 0 spiro atoms. The quantitative estimate of drug-likeness (QED) is 0.427. The Morgan fingerprint density at radius 1 is 1.39 bits per heavy atom. The van der Waals surface area contributed by atoms with Crippen molar-refractivity contribution in [2.75, 3.05) is 13.6 Å². The van der Waals surface area contributed by atoms with E-state index in [0.29, 0.717) is 29.0 Å². The summed E-state index contributed by atoms with van der Waals surface area (Å²) in [5, 5.41) is 15.3. The molecule has 1 aliphatic rings. The molecule has 1 aromatic rings. The average Bonchev–Trinajstić information content (AvgIpc) is 2.51. The van der Waals surface area contributed by atoms with E-state index < -0.39 is 0 Å². The normalized spacial score (nSPS) is 15.8. The Bertz CT molecular complexity index is 585. The van der Waals surface area contributed by atoms with Gasteiger partial charge in [0.25, 0.3) is 0 Å². The van der Waals surface area contributed by atoms with E-state index in [1.165, 1.54) is 31.4 Å². The van der Waals surface area contributed by atoms with Gasteiger partial charge < -0.3 is 10.6 Å². The Morgan fingerprint density at radius 2 is 2.13 bits per heavy atom. The second-order valence-corrected chi connectivity index (χ2v) is 5.90. The summed E-state index contributed by atoms with van der Waals surface area (Å²) in [5.74, 6) is 0.354. The van der Waals surface area contributed by atoms with Gasteiger partial charge in [-0.15, -0.1) is 24.0 Å². The summed E-state index contributed by atoms with van der Waals surface area (Å²) in [7, 11) is 1.71. The Hall–Kier alpha value is -1.36. The number of nitrogens with one attached hydrogen (secondary N) is 2. The van der Waals surface area contributed by atoms with Gasteiger partial charge in [0.2, 0.25) is 0 Å². The van der Waals surface area contributed by atoms with Gasteiger partial charge in [-0.3, -0.25) is 4.99 Å². The summed E-state index contributed by atoms with van der Waals surface area (Å²) < 4.78 is 13.7. The number of hydrogen-bond acceptors (Lipinski definition) is 2. The molecule has 0 saturated heterocycles. The highest BCUT2D eigenvalue weighted by Gasteiger charge is 2.34. The molecule has 1 aliphatic carbocycles. The Morgan fingerprint density at radius 3 is 2.65 bits per heavy atom. The minimum atomic E-state index is -0.314. The minimum Gasteiger partial charge on any atom is -0.356 e. The fourth-order valence-electron chi connectivity index (χ4n) is 2.78. The first-order valence-electron chi connectivity index (χ1n) is 7.75. The molecule has 0 radical (unpaired) electrons. The maximum absolute atomic E-state index is 13.7. The van der Waals surface area contributed by atoms with Crippen LogP contribution < -0.4 is 10.6 Å². The molecular formula is C17H24FIN4. The number of halogens is 2. The van der Waals surface area contributed by atoms with Gasteiger partial charge in [-0.1, -0.05) is 13.3 Å². The minimum absolute atomic E-state index is 0. The van der Waals surface area contributed by atoms with Crippen LogP contribution in [0.3, 0.4) is 0 Å². The van der Waals surface area contributed by atoms with Gasteiger partial charge in [0.1, 0.15) is 5.82 Å². The van der Waals surface area contributed by atoms with E-state index in [2.05, 4.69) is 22.5 Å². The zero-order chi connectivity index (χ0) is 16.0. The van der Waals surface area contributed by atoms with Crippen molar-refractivity contribution in [2.24, 2.45) is 10.4 Å². The van der Waals surface area contributed by atoms with Crippen LogP contribution in [-0.2, 0) is 6.54 Å². The SMILES string of the molecule is CCC1(CNC(=NC)NCc2cc(C#N)ccc2F)CCC1.I. The van der Waals surface area contributed by atoms with E-state index in [0.717, 1.165) is 13.0 Å². The molecule has 0 bridgehead atoms. The van der Waals surface area contributed by atoms with Crippen molar-refractivity contribution < 1.29 is 4.39 Å². The number of guanidine groups is 1. The molecule has 0 amide bonds. The predicted octanol–water partition coefficient (Wildman–Crippen LogP) is 3.56. The third-order valence-corrected chi connectivity index (χ3v) is 4.64. The molecule has 126 valence electrons. The van der Waals surface area contributed by atoms with E-state index in [1.807, 2.05) is 6.07 Å². The Kier molecular flexibility index (Phi) is 7.76. The van der Waals surface area contributed by atoms with Gasteiger partial charge in [-0.25, -0.2) is 4.39 Å². The van der Waals surface area contributed by atoms with Crippen molar-refractivity contribution in [1.29, 1.82) is 5.26 Å². The summed E-state index contributed by atoms with van der Waals surface area (Å²) in [6, 6.07) is 6.39. The number of aliphatic imine (C=N–C) groups is 1. The molecule has 2 N–H and O–H groups in total. The number of nitrogens with zero attached hydrogens (tertiary/aromatic N) is 2. The van der Waals surface area contributed by atoms with Crippen molar-refractivity contribution >= 4 is 29.9 Å². The standard InChI is InChI=1S/C17H23FN4.HI/c1-3-17(7-4-8-17)12-22-16(20-2)21-11-14-9-13(10-19)5-6-15(14)18;/h5-6,9H,3-4,7-8,11-12H2,1-2H3,(H2,20,21,22);1H. The topological polar surface area (TPSA) is 60.2 Å². The van der Waals surface area contributed by atoms with Gasteiger partial charge in [0.15, 0.2) is 5.96 Å². The van der Waals surface area contributed by atoms with Crippen LogP contribution in [0.2, 0.25) is 0 Å². The number of hydrogen-bond donors (Lipinski definition) is 2. The lowest BCUT2D eigenvalue weighted by atomic mass is 9.67. The van der Waals surface area contributed by atoms with Crippen LogP contribution >= 0.6 is 24.0 Å². The average molecular weight is 430 g/mol. The molecule has 0 heterocycles. The first-order chi connectivity index (χ1) is 10.6. The van der Waals surface area contributed by atoms with Gasteiger partial charge in [-0.05, 0) is 42.9 Å². The fraction of sp³-hybridized carbons (Fsp3) is 0.529. The van der Waals surface area contributed by atoms with Crippen molar-refractivity contribution in [3.8, 4) is 6.07 Å². The van der Waals surface area contributed by atoms with Crippen molar-refractivity contribution in [1.82, 2.24) is 10.6 Å². The molecule has 0 atom stereocenters. The van der Waals surface area contributed by atoms with Crippen LogP contribution in [0, 0.1) is 22.6 Å². The maximum Gasteiger partial charge on any atom is 0.191 e. The van der Waals surface area contributed by atoms with E-state index in [1.54, 1.807) is 13.1 Å². The number of rotatable bonds is 5. The molecule has 6 heteroatoms. The highest BCUT2D eigenvalue weighted by Crippen LogP contribution is 2.42. The van der Waals surface area contributed by atoms with Crippen LogP contribution in [0.4, 0.5) is 4.39 Å². The highest BCUT2D eigenvalue weighted by atomic mass is 127. The zero-order valence-electron chi connectivity index (χ0n) is 13.7. The number of nitriles is 1. The first kappa shape index (κ1) is 19.7. The van der Waals surface area contributed by atoms with Crippen LogP contribution in [0.15, 0.2) is 23.2 Å². The van der Waals surface area contributed by atoms with Gasteiger partial charge >= 0.3 is 0 Å². The zero-order valence-corrected chi connectivity index (χ0v) is 16.0. The predicted molar refractivity (Wildman–Crippen MR) is 101 cm³/mol. The van der Waals surface area contributed by atoms with Crippen LogP contribution in [0.5, 0.6) is 0 Å². The molecule has 1 aromatic carbocycles. The lowest BCUT2D eigenvalue weighted by Gasteiger charge is -2.41. The summed E-state index contributed by atoms with van der Waals surface area (Å²) in [6.07, 6.45) is 4.97. The van der Waals surface area contributed by atoms with E-state index in [4.69, 9.17) is 5.26 Å². The van der Waals surface area contributed by atoms with Crippen molar-refractivity contribution in [2.45, 2.75) is 39.2 Å². The molecular weight excluding hydrogens is 406 g/mol. The van der Waals surface area contributed by atoms with Crippen molar-refractivity contribution in [3.63, 3.8) is 0 Å². The molecule has 2 rings (SSSR count). The Labute approximate surface area is 154 Å². The van der Waals surface area contributed by atoms with Crippen LogP contribution in [-0.4, -0.2) is 19.6 Å². The second-order valence-electron chi connectivity index (χ2n) is 5.90. The molecule has 4 nitrogen and oxygen atoms in total. The van der Waals surface area contributed by atoms with Crippen LogP contribution in [0.1, 0.15) is 43.7 Å². The summed E-state index contributed by atoms with van der Waals surface area (Å²) in [6.45, 7) is 3.42. The molecule has 0 unspecified atom stereocenters. The van der Waals surface area contributed by atoms with Crippen LogP contribution in [0.25, 0.3) is 0 Å².